The summed E-state index contributed by atoms with van der Waals surface area (Å²) in [6, 6.07) is 0. The van der Waals surface area contributed by atoms with E-state index in [1.165, 1.54) is 103 Å². The Bertz CT molecular complexity index is 290. The molecule has 3 saturated carbocycles. The van der Waals surface area contributed by atoms with Crippen LogP contribution in [0.5, 0.6) is 0 Å². The van der Waals surface area contributed by atoms with Gasteiger partial charge in [0, 0.05) is 12.1 Å². The van der Waals surface area contributed by atoms with Gasteiger partial charge in [0.05, 0.1) is 0 Å². The summed E-state index contributed by atoms with van der Waals surface area (Å²) in [5, 5.41) is 3.45. The molecule has 0 radical (unpaired) electrons. The molecule has 0 unspecified atom stereocenters. The Morgan fingerprint density at radius 3 is 1.17 bits per heavy atom. The third-order valence-corrected chi connectivity index (χ3v) is 6.68. The molecule has 1 aliphatic heterocycles. The minimum atomic E-state index is 0.679. The molecule has 0 aromatic rings. The zero-order valence-corrected chi connectivity index (χ0v) is 20.7. The molecule has 3 aliphatic carbocycles. The third kappa shape index (κ3) is 17.3. The first-order chi connectivity index (χ1) is 14.1. The van der Waals surface area contributed by atoms with E-state index in [1.54, 1.807) is 0 Å². The van der Waals surface area contributed by atoms with Gasteiger partial charge in [0.25, 0.3) is 0 Å². The molecular weight excluding hydrogens is 354 g/mol. The second kappa shape index (κ2) is 19.8. The van der Waals surface area contributed by atoms with Crippen LogP contribution < -0.4 is 16.8 Å². The van der Waals surface area contributed by atoms with Gasteiger partial charge in [-0.3, -0.25) is 0 Å². The van der Waals surface area contributed by atoms with E-state index in [1.807, 2.05) is 13.8 Å². The average Bonchev–Trinajstić information content (AvgIpc) is 3.51. The SMILES string of the molecule is C1CCC2(CC1)CN2.CC.CC1CCCCC1.CC1CCCCC1.NCCCN. The smallest absolute Gasteiger partial charge is 0.0307 e. The lowest BCUT2D eigenvalue weighted by Crippen LogP contribution is -2.18. The molecule has 5 N–H and O–H groups in total. The van der Waals surface area contributed by atoms with E-state index in [2.05, 4.69) is 19.2 Å². The number of hydrogen-bond acceptors (Lipinski definition) is 3. The molecule has 0 bridgehead atoms. The zero-order chi connectivity index (χ0) is 21.8. The molecule has 0 atom stereocenters. The van der Waals surface area contributed by atoms with E-state index < -0.39 is 0 Å². The number of nitrogens with one attached hydrogen (secondary N) is 1. The summed E-state index contributed by atoms with van der Waals surface area (Å²) in [6.45, 7) is 11.5. The van der Waals surface area contributed by atoms with Crippen LogP contribution in [-0.2, 0) is 0 Å². The normalized spacial score (nSPS) is 23.0. The highest BCUT2D eigenvalue weighted by molar-refractivity contribution is 5.04. The molecule has 176 valence electrons. The van der Waals surface area contributed by atoms with Gasteiger partial charge in [-0.1, -0.05) is 111 Å². The maximum Gasteiger partial charge on any atom is 0.0307 e. The van der Waals surface area contributed by atoms with Crippen LogP contribution in [0.4, 0.5) is 0 Å². The summed E-state index contributed by atoms with van der Waals surface area (Å²) in [6.07, 6.45) is 23.1. The molecule has 4 rings (SSSR count). The van der Waals surface area contributed by atoms with Crippen molar-refractivity contribution in [3.8, 4) is 0 Å². The number of nitrogens with two attached hydrogens (primary N) is 2. The molecule has 0 amide bonds. The Morgan fingerprint density at radius 1 is 0.655 bits per heavy atom. The highest BCUT2D eigenvalue weighted by atomic mass is 15.2. The minimum Gasteiger partial charge on any atom is -0.330 e. The van der Waals surface area contributed by atoms with E-state index in [4.69, 9.17) is 11.5 Å². The van der Waals surface area contributed by atoms with E-state index in [9.17, 15) is 0 Å². The van der Waals surface area contributed by atoms with Crippen molar-refractivity contribution >= 4 is 0 Å². The van der Waals surface area contributed by atoms with Gasteiger partial charge in [-0.05, 0) is 44.2 Å². The maximum absolute atomic E-state index is 5.06. The van der Waals surface area contributed by atoms with Crippen LogP contribution in [0.1, 0.15) is 130 Å². The molecule has 0 aromatic heterocycles. The molecule has 0 aromatic carbocycles. The Kier molecular flexibility index (Phi) is 19.7. The van der Waals surface area contributed by atoms with Gasteiger partial charge in [-0.15, -0.1) is 0 Å². The summed E-state index contributed by atoms with van der Waals surface area (Å²) in [5.41, 5.74) is 10.8. The van der Waals surface area contributed by atoms with Crippen molar-refractivity contribution in [3.63, 3.8) is 0 Å². The van der Waals surface area contributed by atoms with Crippen molar-refractivity contribution in [3.05, 3.63) is 0 Å². The second-order valence-electron chi connectivity index (χ2n) is 9.61. The minimum absolute atomic E-state index is 0.679. The largest absolute Gasteiger partial charge is 0.330 e. The summed E-state index contributed by atoms with van der Waals surface area (Å²) >= 11 is 0. The molecule has 4 fully saturated rings. The summed E-state index contributed by atoms with van der Waals surface area (Å²) in [4.78, 5) is 0. The van der Waals surface area contributed by atoms with E-state index in [0.717, 1.165) is 31.3 Å². The van der Waals surface area contributed by atoms with Gasteiger partial charge in [0.2, 0.25) is 0 Å². The Labute approximate surface area is 184 Å². The lowest BCUT2D eigenvalue weighted by molar-refractivity contribution is 0.385. The summed E-state index contributed by atoms with van der Waals surface area (Å²) in [5.74, 6) is 2.07. The summed E-state index contributed by atoms with van der Waals surface area (Å²) in [7, 11) is 0. The summed E-state index contributed by atoms with van der Waals surface area (Å²) < 4.78 is 0. The second-order valence-corrected chi connectivity index (χ2v) is 9.61. The van der Waals surface area contributed by atoms with Crippen LogP contribution >= 0.6 is 0 Å². The fraction of sp³-hybridized carbons (Fsp3) is 1.00. The molecule has 3 nitrogen and oxygen atoms in total. The topological polar surface area (TPSA) is 74.0 Å². The van der Waals surface area contributed by atoms with Crippen LogP contribution in [-0.4, -0.2) is 25.2 Å². The van der Waals surface area contributed by atoms with Gasteiger partial charge in [0.15, 0.2) is 0 Å². The highest BCUT2D eigenvalue weighted by Crippen LogP contribution is 2.34. The predicted molar refractivity (Wildman–Crippen MR) is 132 cm³/mol. The Balaban J connectivity index is 0.000000355. The highest BCUT2D eigenvalue weighted by Gasteiger charge is 2.41. The van der Waals surface area contributed by atoms with E-state index in [-0.39, 0.29) is 0 Å². The van der Waals surface area contributed by atoms with Gasteiger partial charge in [0.1, 0.15) is 0 Å². The van der Waals surface area contributed by atoms with Crippen LogP contribution in [0.2, 0.25) is 0 Å². The van der Waals surface area contributed by atoms with Crippen molar-refractivity contribution in [1.82, 2.24) is 5.32 Å². The monoisotopic (exact) mass is 411 g/mol. The van der Waals surface area contributed by atoms with Crippen LogP contribution in [0.15, 0.2) is 0 Å². The van der Waals surface area contributed by atoms with E-state index in [0.29, 0.717) is 5.54 Å². The Hall–Kier alpha value is -0.120. The van der Waals surface area contributed by atoms with Gasteiger partial charge in [-0.2, -0.15) is 0 Å². The fourth-order valence-corrected chi connectivity index (χ4v) is 4.44. The first-order valence-corrected chi connectivity index (χ1v) is 13.3. The molecule has 29 heavy (non-hydrogen) atoms. The van der Waals surface area contributed by atoms with Crippen molar-refractivity contribution in [2.24, 2.45) is 23.3 Å². The third-order valence-electron chi connectivity index (χ3n) is 6.68. The Morgan fingerprint density at radius 2 is 1.00 bits per heavy atom. The first kappa shape index (κ1) is 28.9. The standard InChI is InChI=1S/C7H13N.2C7H14.C3H10N2.C2H6/c1-2-4-7(5-3-1)6-8-7;2*1-7-5-3-2-4-6-7;4-2-1-3-5;1-2/h8H,1-6H2;2*7H,2-6H2,1H3;1-5H2;1-2H3. The van der Waals surface area contributed by atoms with Gasteiger partial charge >= 0.3 is 0 Å². The molecular formula is C26H57N3. The van der Waals surface area contributed by atoms with Crippen LogP contribution in [0.25, 0.3) is 0 Å². The predicted octanol–water partition coefficient (Wildman–Crippen LogP) is 6.79. The number of rotatable bonds is 2. The van der Waals surface area contributed by atoms with E-state index >= 15 is 0 Å². The van der Waals surface area contributed by atoms with Gasteiger partial charge in [-0.25, -0.2) is 0 Å². The average molecular weight is 412 g/mol. The first-order valence-electron chi connectivity index (χ1n) is 13.3. The van der Waals surface area contributed by atoms with Crippen LogP contribution in [0, 0.1) is 11.8 Å². The maximum atomic E-state index is 5.06. The molecule has 4 aliphatic rings. The lowest BCUT2D eigenvalue weighted by atomic mass is 9.89. The van der Waals surface area contributed by atoms with Crippen molar-refractivity contribution in [2.75, 3.05) is 19.6 Å². The molecule has 1 heterocycles. The zero-order valence-electron chi connectivity index (χ0n) is 20.7. The number of hydrogen-bond donors (Lipinski definition) is 3. The lowest BCUT2D eigenvalue weighted by Gasteiger charge is -2.18. The molecule has 3 heteroatoms. The van der Waals surface area contributed by atoms with Crippen molar-refractivity contribution in [1.29, 1.82) is 0 Å². The molecule has 1 spiro atoms. The van der Waals surface area contributed by atoms with Crippen molar-refractivity contribution < 1.29 is 0 Å². The quantitative estimate of drug-likeness (QED) is 0.438. The van der Waals surface area contributed by atoms with Gasteiger partial charge < -0.3 is 16.8 Å². The van der Waals surface area contributed by atoms with Crippen molar-refractivity contribution in [2.45, 2.75) is 136 Å². The fourth-order valence-electron chi connectivity index (χ4n) is 4.44. The van der Waals surface area contributed by atoms with Crippen LogP contribution in [0.3, 0.4) is 0 Å². The molecule has 1 saturated heterocycles.